The predicted octanol–water partition coefficient (Wildman–Crippen LogP) is 4.69. The largest absolute Gasteiger partial charge is 0.485 e. The summed E-state index contributed by atoms with van der Waals surface area (Å²) in [5.74, 6) is 0.421. The molecular weight excluding hydrogens is 384 g/mol. The fourth-order valence-corrected chi connectivity index (χ4v) is 2.98. The topological polar surface area (TPSA) is 56.5 Å². The summed E-state index contributed by atoms with van der Waals surface area (Å²) in [6.07, 6.45) is 0.740. The molecule has 0 saturated heterocycles. The van der Waals surface area contributed by atoms with Gasteiger partial charge in [-0.25, -0.2) is 4.79 Å². The van der Waals surface area contributed by atoms with Gasteiger partial charge in [0.25, 0.3) is 0 Å². The molecule has 0 aliphatic carbocycles. The Morgan fingerprint density at radius 2 is 1.88 bits per heavy atom. The van der Waals surface area contributed by atoms with E-state index in [1.807, 2.05) is 38.1 Å². The van der Waals surface area contributed by atoms with E-state index >= 15 is 0 Å². The molecule has 4 nitrogen and oxygen atoms in total. The first-order chi connectivity index (χ1) is 12.0. The van der Waals surface area contributed by atoms with Crippen LogP contribution in [0.3, 0.4) is 0 Å². The molecule has 0 spiro atoms. The summed E-state index contributed by atoms with van der Waals surface area (Å²) in [5.41, 5.74) is 2.37. The minimum absolute atomic E-state index is 0.0777. The van der Waals surface area contributed by atoms with Crippen molar-refractivity contribution in [2.24, 2.45) is 0 Å². The van der Waals surface area contributed by atoms with Crippen LogP contribution >= 0.6 is 15.9 Å². The van der Waals surface area contributed by atoms with Crippen LogP contribution in [0, 0.1) is 6.92 Å². The molecule has 0 bridgehead atoms. The molecule has 25 heavy (non-hydrogen) atoms. The first-order valence-corrected chi connectivity index (χ1v) is 8.76. The zero-order valence-electron chi connectivity index (χ0n) is 14.0. The van der Waals surface area contributed by atoms with E-state index in [1.54, 1.807) is 12.1 Å². The van der Waals surface area contributed by atoms with Gasteiger partial charge in [-0.05, 0) is 43.2 Å². The van der Waals surface area contributed by atoms with E-state index in [-0.39, 0.29) is 18.0 Å². The third-order valence-corrected chi connectivity index (χ3v) is 4.63. The first kappa shape index (κ1) is 17.4. The number of Topliss-reactive ketones (excluding diaryl/α,β-unsaturated/α-hetero) is 1. The molecule has 0 saturated carbocycles. The van der Waals surface area contributed by atoms with Crippen LogP contribution in [-0.4, -0.2) is 12.4 Å². The first-order valence-electron chi connectivity index (χ1n) is 7.97. The van der Waals surface area contributed by atoms with Crippen molar-refractivity contribution < 1.29 is 13.9 Å². The lowest BCUT2D eigenvalue weighted by molar-refractivity contribution is 0.0921. The molecule has 3 aromatic rings. The molecular formula is C20H17BrO4. The maximum atomic E-state index is 12.2. The lowest BCUT2D eigenvalue weighted by Gasteiger charge is -2.11. The van der Waals surface area contributed by atoms with Crippen molar-refractivity contribution in [3.63, 3.8) is 0 Å². The molecule has 0 fully saturated rings. The number of rotatable bonds is 5. The zero-order valence-corrected chi connectivity index (χ0v) is 15.6. The number of carbonyl (C=O) groups is 1. The van der Waals surface area contributed by atoms with Gasteiger partial charge in [0.1, 0.15) is 11.3 Å². The van der Waals surface area contributed by atoms with Crippen LogP contribution in [0.2, 0.25) is 0 Å². The van der Waals surface area contributed by atoms with E-state index in [0.717, 1.165) is 21.8 Å². The molecule has 1 heterocycles. The van der Waals surface area contributed by atoms with E-state index < -0.39 is 0 Å². The molecule has 1 aromatic heterocycles. The molecule has 0 radical (unpaired) electrons. The molecule has 0 aliphatic rings. The molecule has 3 rings (SSSR count). The van der Waals surface area contributed by atoms with Gasteiger partial charge in [-0.2, -0.15) is 0 Å². The maximum absolute atomic E-state index is 12.2. The Bertz CT molecular complexity index is 987. The predicted molar refractivity (Wildman–Crippen MR) is 101 cm³/mol. The third kappa shape index (κ3) is 3.66. The van der Waals surface area contributed by atoms with Crippen molar-refractivity contribution in [3.8, 4) is 5.75 Å². The van der Waals surface area contributed by atoms with Crippen molar-refractivity contribution in [2.45, 2.75) is 20.3 Å². The number of hydrogen-bond acceptors (Lipinski definition) is 4. The van der Waals surface area contributed by atoms with Crippen molar-refractivity contribution in [1.82, 2.24) is 0 Å². The van der Waals surface area contributed by atoms with Crippen molar-refractivity contribution in [3.05, 3.63) is 74.0 Å². The second-order valence-corrected chi connectivity index (χ2v) is 6.64. The average Bonchev–Trinajstić information content (AvgIpc) is 2.61. The molecule has 2 aromatic carbocycles. The average molecular weight is 401 g/mol. The number of benzene rings is 2. The van der Waals surface area contributed by atoms with Gasteiger partial charge in [0.05, 0.1) is 0 Å². The number of ketones is 1. The lowest BCUT2D eigenvalue weighted by Crippen LogP contribution is -2.12. The Morgan fingerprint density at radius 1 is 1.16 bits per heavy atom. The molecule has 128 valence electrons. The minimum Gasteiger partial charge on any atom is -0.485 e. The fraction of sp³-hybridized carbons (Fsp3) is 0.200. The van der Waals surface area contributed by atoms with E-state index in [9.17, 15) is 9.59 Å². The Balaban J connectivity index is 1.87. The standard InChI is InChI=1S/C20H17BrO4/c1-3-13-10-19(23)25-20-12(2)18(9-8-16(13)20)24-11-17(22)14-4-6-15(21)7-5-14/h4-10H,3,11H2,1-2H3. The molecule has 0 atom stereocenters. The van der Waals surface area contributed by atoms with E-state index in [2.05, 4.69) is 15.9 Å². The van der Waals surface area contributed by atoms with E-state index in [0.29, 0.717) is 22.5 Å². The van der Waals surface area contributed by atoms with Crippen molar-refractivity contribution >= 4 is 32.7 Å². The van der Waals surface area contributed by atoms with Crippen molar-refractivity contribution in [1.29, 1.82) is 0 Å². The highest BCUT2D eigenvalue weighted by Gasteiger charge is 2.13. The molecule has 5 heteroatoms. The van der Waals surface area contributed by atoms with E-state index in [1.165, 1.54) is 6.07 Å². The smallest absolute Gasteiger partial charge is 0.336 e. The molecule has 0 unspecified atom stereocenters. The van der Waals surface area contributed by atoms with Gasteiger partial charge in [0.15, 0.2) is 12.4 Å². The lowest BCUT2D eigenvalue weighted by atomic mass is 10.0. The summed E-state index contributed by atoms with van der Waals surface area (Å²) in [6, 6.07) is 12.3. The molecule has 0 aliphatic heterocycles. The van der Waals surface area contributed by atoms with Crippen LogP contribution in [0.4, 0.5) is 0 Å². The van der Waals surface area contributed by atoms with Gasteiger partial charge in [-0.15, -0.1) is 0 Å². The summed E-state index contributed by atoms with van der Waals surface area (Å²) in [7, 11) is 0. The van der Waals surface area contributed by atoms with Gasteiger partial charge in [-0.3, -0.25) is 4.79 Å². The third-order valence-electron chi connectivity index (χ3n) is 4.10. The number of carbonyl (C=O) groups excluding carboxylic acids is 1. The summed E-state index contributed by atoms with van der Waals surface area (Å²) in [6.45, 7) is 3.74. The number of hydrogen-bond donors (Lipinski definition) is 0. The van der Waals surface area contributed by atoms with Gasteiger partial charge in [0.2, 0.25) is 0 Å². The van der Waals surface area contributed by atoms with Gasteiger partial charge in [0, 0.05) is 27.1 Å². The summed E-state index contributed by atoms with van der Waals surface area (Å²) < 4.78 is 11.9. The van der Waals surface area contributed by atoms with Crippen LogP contribution < -0.4 is 10.4 Å². The van der Waals surface area contributed by atoms with Crippen LogP contribution in [0.25, 0.3) is 11.0 Å². The van der Waals surface area contributed by atoms with Gasteiger partial charge >= 0.3 is 5.63 Å². The summed E-state index contributed by atoms with van der Waals surface area (Å²) >= 11 is 3.34. The summed E-state index contributed by atoms with van der Waals surface area (Å²) in [5, 5.41) is 0.895. The monoisotopic (exact) mass is 400 g/mol. The molecule has 0 amide bonds. The number of halogens is 1. The normalized spacial score (nSPS) is 10.8. The van der Waals surface area contributed by atoms with Crippen LogP contribution in [-0.2, 0) is 6.42 Å². The maximum Gasteiger partial charge on any atom is 0.336 e. The van der Waals surface area contributed by atoms with Gasteiger partial charge < -0.3 is 9.15 Å². The highest BCUT2D eigenvalue weighted by molar-refractivity contribution is 9.10. The Hall–Kier alpha value is -2.40. The fourth-order valence-electron chi connectivity index (χ4n) is 2.72. The van der Waals surface area contributed by atoms with Crippen LogP contribution in [0.1, 0.15) is 28.4 Å². The van der Waals surface area contributed by atoms with Crippen LogP contribution in [0.5, 0.6) is 5.75 Å². The zero-order chi connectivity index (χ0) is 18.0. The second-order valence-electron chi connectivity index (χ2n) is 5.73. The Kier molecular flexibility index (Phi) is 5.04. The van der Waals surface area contributed by atoms with Gasteiger partial charge in [-0.1, -0.05) is 35.0 Å². The van der Waals surface area contributed by atoms with Crippen molar-refractivity contribution in [2.75, 3.05) is 6.61 Å². The number of aryl methyl sites for hydroxylation is 2. The number of ether oxygens (including phenoxy) is 1. The Morgan fingerprint density at radius 3 is 2.56 bits per heavy atom. The summed E-state index contributed by atoms with van der Waals surface area (Å²) in [4.78, 5) is 24.0. The Labute approximate surface area is 153 Å². The minimum atomic E-state index is -0.379. The SMILES string of the molecule is CCc1cc(=O)oc2c(C)c(OCC(=O)c3ccc(Br)cc3)ccc12. The highest BCUT2D eigenvalue weighted by atomic mass is 79.9. The number of fused-ring (bicyclic) bond motifs is 1. The quantitative estimate of drug-likeness (QED) is 0.460. The highest BCUT2D eigenvalue weighted by Crippen LogP contribution is 2.28. The van der Waals surface area contributed by atoms with E-state index in [4.69, 9.17) is 9.15 Å². The van der Waals surface area contributed by atoms with Crippen LogP contribution in [0.15, 0.2) is 56.1 Å². The molecule has 0 N–H and O–H groups in total. The second kappa shape index (κ2) is 7.23.